The zero-order chi connectivity index (χ0) is 10.9. The van der Waals surface area contributed by atoms with E-state index >= 15 is 0 Å². The molecule has 0 saturated carbocycles. The molecule has 0 aliphatic carbocycles. The standard InChI is InChI=1S/C9H6F4O/c1-4-6(10)8(12)5(2-3-14)9(13)7(4)11/h3H,2H2,1H3. The van der Waals surface area contributed by atoms with Gasteiger partial charge in [0, 0.05) is 17.5 Å². The number of hydrogen-bond donors (Lipinski definition) is 0. The fraction of sp³-hybridized carbons (Fsp3) is 0.222. The van der Waals surface area contributed by atoms with Gasteiger partial charge in [-0.15, -0.1) is 0 Å². The minimum Gasteiger partial charge on any atom is -0.303 e. The molecule has 0 N–H and O–H groups in total. The first-order chi connectivity index (χ1) is 6.50. The van der Waals surface area contributed by atoms with E-state index in [1.165, 1.54) is 0 Å². The Morgan fingerprint density at radius 3 is 1.79 bits per heavy atom. The van der Waals surface area contributed by atoms with Gasteiger partial charge >= 0.3 is 0 Å². The number of benzene rings is 1. The van der Waals surface area contributed by atoms with Crippen LogP contribution in [-0.4, -0.2) is 6.29 Å². The molecule has 0 bridgehead atoms. The van der Waals surface area contributed by atoms with Gasteiger partial charge in [-0.1, -0.05) is 0 Å². The summed E-state index contributed by atoms with van der Waals surface area (Å²) in [6.07, 6.45) is -0.512. The zero-order valence-corrected chi connectivity index (χ0v) is 7.20. The first kappa shape index (κ1) is 10.7. The minimum atomic E-state index is -1.51. The highest BCUT2D eigenvalue weighted by atomic mass is 19.2. The summed E-state index contributed by atoms with van der Waals surface area (Å²) in [5.41, 5.74) is -1.60. The molecule has 0 aromatic heterocycles. The zero-order valence-electron chi connectivity index (χ0n) is 7.20. The van der Waals surface area contributed by atoms with Gasteiger partial charge in [-0.25, -0.2) is 17.6 Å². The van der Waals surface area contributed by atoms with Crippen LogP contribution in [0.4, 0.5) is 17.6 Å². The van der Waals surface area contributed by atoms with E-state index in [-0.39, 0.29) is 6.29 Å². The first-order valence-corrected chi connectivity index (χ1v) is 3.75. The van der Waals surface area contributed by atoms with Crippen LogP contribution in [0.5, 0.6) is 0 Å². The smallest absolute Gasteiger partial charge is 0.165 e. The van der Waals surface area contributed by atoms with Gasteiger partial charge in [0.1, 0.15) is 6.29 Å². The Balaban J connectivity index is 3.50. The molecule has 0 unspecified atom stereocenters. The summed E-state index contributed by atoms with van der Waals surface area (Å²) in [6.45, 7) is 0.918. The van der Waals surface area contributed by atoms with Crippen molar-refractivity contribution in [1.82, 2.24) is 0 Å². The van der Waals surface area contributed by atoms with Crippen molar-refractivity contribution in [3.8, 4) is 0 Å². The third-order valence-electron chi connectivity index (χ3n) is 1.86. The summed E-state index contributed by atoms with van der Waals surface area (Å²) >= 11 is 0. The Labute approximate surface area is 77.3 Å². The maximum absolute atomic E-state index is 12.9. The average molecular weight is 206 g/mol. The summed E-state index contributed by atoms with van der Waals surface area (Å²) in [6, 6.07) is 0. The van der Waals surface area contributed by atoms with Crippen LogP contribution in [0.25, 0.3) is 0 Å². The van der Waals surface area contributed by atoms with Crippen molar-refractivity contribution in [2.24, 2.45) is 0 Å². The third-order valence-corrected chi connectivity index (χ3v) is 1.86. The molecule has 1 rings (SSSR count). The molecule has 0 atom stereocenters. The Kier molecular flexibility index (Phi) is 2.88. The van der Waals surface area contributed by atoms with Crippen LogP contribution in [0, 0.1) is 30.2 Å². The average Bonchev–Trinajstić information content (AvgIpc) is 2.19. The fourth-order valence-electron chi connectivity index (χ4n) is 1.05. The molecule has 0 aliphatic heterocycles. The van der Waals surface area contributed by atoms with E-state index in [1.807, 2.05) is 0 Å². The third kappa shape index (κ3) is 1.49. The van der Waals surface area contributed by atoms with E-state index in [1.54, 1.807) is 0 Å². The monoisotopic (exact) mass is 206 g/mol. The van der Waals surface area contributed by atoms with E-state index in [0.717, 1.165) is 6.92 Å². The van der Waals surface area contributed by atoms with Crippen molar-refractivity contribution in [3.05, 3.63) is 34.4 Å². The highest BCUT2D eigenvalue weighted by molar-refractivity contribution is 5.55. The number of aldehydes is 1. The van der Waals surface area contributed by atoms with Crippen molar-refractivity contribution >= 4 is 6.29 Å². The molecular formula is C9H6F4O. The first-order valence-electron chi connectivity index (χ1n) is 3.75. The molecule has 76 valence electrons. The number of rotatable bonds is 2. The molecule has 0 fully saturated rings. The quantitative estimate of drug-likeness (QED) is 0.412. The molecule has 5 heteroatoms. The van der Waals surface area contributed by atoms with Gasteiger partial charge in [-0.05, 0) is 6.92 Å². The van der Waals surface area contributed by atoms with Crippen molar-refractivity contribution in [3.63, 3.8) is 0 Å². The van der Waals surface area contributed by atoms with Crippen molar-refractivity contribution in [1.29, 1.82) is 0 Å². The van der Waals surface area contributed by atoms with E-state index in [0.29, 0.717) is 0 Å². The molecule has 14 heavy (non-hydrogen) atoms. The van der Waals surface area contributed by atoms with Gasteiger partial charge in [-0.3, -0.25) is 0 Å². The maximum atomic E-state index is 12.9. The van der Waals surface area contributed by atoms with Crippen LogP contribution < -0.4 is 0 Å². The molecule has 0 spiro atoms. The molecule has 1 nitrogen and oxygen atoms in total. The lowest BCUT2D eigenvalue weighted by atomic mass is 10.1. The lowest BCUT2D eigenvalue weighted by Crippen LogP contribution is -2.06. The topological polar surface area (TPSA) is 17.1 Å². The van der Waals surface area contributed by atoms with Crippen LogP contribution in [0.1, 0.15) is 11.1 Å². The lowest BCUT2D eigenvalue weighted by Gasteiger charge is -2.06. The molecular weight excluding hydrogens is 200 g/mol. The molecule has 1 aromatic rings. The molecule has 0 heterocycles. The molecule has 0 radical (unpaired) electrons. The summed E-state index contributed by atoms with van der Waals surface area (Å²) < 4.78 is 51.6. The molecule has 1 aromatic carbocycles. The molecule has 0 amide bonds. The van der Waals surface area contributed by atoms with Crippen LogP contribution >= 0.6 is 0 Å². The Morgan fingerprint density at radius 2 is 1.43 bits per heavy atom. The predicted octanol–water partition coefficient (Wildman–Crippen LogP) is 2.29. The van der Waals surface area contributed by atoms with E-state index in [4.69, 9.17) is 0 Å². The predicted molar refractivity (Wildman–Crippen MR) is 40.8 cm³/mol. The number of carbonyl (C=O) groups is 1. The second-order valence-corrected chi connectivity index (χ2v) is 2.73. The van der Waals surface area contributed by atoms with Crippen molar-refractivity contribution < 1.29 is 22.4 Å². The lowest BCUT2D eigenvalue weighted by molar-refractivity contribution is -0.107. The van der Waals surface area contributed by atoms with E-state index in [9.17, 15) is 22.4 Å². The largest absolute Gasteiger partial charge is 0.303 e. The minimum absolute atomic E-state index is 0.176. The number of hydrogen-bond acceptors (Lipinski definition) is 1. The fourth-order valence-corrected chi connectivity index (χ4v) is 1.05. The van der Waals surface area contributed by atoms with Gasteiger partial charge in [0.2, 0.25) is 0 Å². The van der Waals surface area contributed by atoms with Gasteiger partial charge in [0.05, 0.1) is 0 Å². The SMILES string of the molecule is Cc1c(F)c(F)c(CC=O)c(F)c1F. The van der Waals surface area contributed by atoms with Gasteiger partial charge in [0.25, 0.3) is 0 Å². The summed E-state index contributed by atoms with van der Waals surface area (Å²) in [4.78, 5) is 10.0. The van der Waals surface area contributed by atoms with Crippen LogP contribution in [0.3, 0.4) is 0 Å². The highest BCUT2D eigenvalue weighted by Gasteiger charge is 2.22. The normalized spacial score (nSPS) is 10.4. The molecule has 0 saturated heterocycles. The van der Waals surface area contributed by atoms with Gasteiger partial charge in [-0.2, -0.15) is 0 Å². The van der Waals surface area contributed by atoms with Crippen LogP contribution in [-0.2, 0) is 11.2 Å². The second kappa shape index (κ2) is 3.77. The number of carbonyl (C=O) groups excluding carboxylic acids is 1. The highest BCUT2D eigenvalue weighted by Crippen LogP contribution is 2.23. The van der Waals surface area contributed by atoms with Crippen LogP contribution in [0.2, 0.25) is 0 Å². The van der Waals surface area contributed by atoms with Gasteiger partial charge < -0.3 is 4.79 Å². The second-order valence-electron chi connectivity index (χ2n) is 2.73. The summed E-state index contributed by atoms with van der Waals surface area (Å²) in [7, 11) is 0. The Hall–Kier alpha value is -1.39. The summed E-state index contributed by atoms with van der Waals surface area (Å²) in [5, 5.41) is 0. The van der Waals surface area contributed by atoms with Crippen molar-refractivity contribution in [2.75, 3.05) is 0 Å². The van der Waals surface area contributed by atoms with Gasteiger partial charge in [0.15, 0.2) is 23.3 Å². The van der Waals surface area contributed by atoms with E-state index in [2.05, 4.69) is 0 Å². The van der Waals surface area contributed by atoms with Crippen LogP contribution in [0.15, 0.2) is 0 Å². The Morgan fingerprint density at radius 1 is 1.00 bits per heavy atom. The molecule has 0 aliphatic rings. The number of halogens is 4. The Bertz CT molecular complexity index is 358. The van der Waals surface area contributed by atoms with Crippen molar-refractivity contribution in [2.45, 2.75) is 13.3 Å². The maximum Gasteiger partial charge on any atom is 0.165 e. The van der Waals surface area contributed by atoms with E-state index < -0.39 is 40.8 Å². The summed E-state index contributed by atoms with van der Waals surface area (Å²) in [5.74, 6) is -5.93.